The van der Waals surface area contributed by atoms with Crippen LogP contribution in [0.4, 0.5) is 4.79 Å². The SMILES string of the molecule is CC(C)Oc1ncccc1CNC(=O)NCc1ccc(C(=O)N(C)C(C)C)cc1. The third-order valence-corrected chi connectivity index (χ3v) is 4.39. The highest BCUT2D eigenvalue weighted by molar-refractivity contribution is 5.94. The van der Waals surface area contributed by atoms with Crippen LogP contribution in [0.3, 0.4) is 0 Å². The fourth-order valence-electron chi connectivity index (χ4n) is 2.51. The molecule has 3 amide bonds. The van der Waals surface area contributed by atoms with Crippen molar-refractivity contribution in [2.24, 2.45) is 0 Å². The Balaban J connectivity index is 1.85. The van der Waals surface area contributed by atoms with Gasteiger partial charge in [-0.3, -0.25) is 4.79 Å². The molecular formula is C22H30N4O3. The van der Waals surface area contributed by atoms with Gasteiger partial charge in [0, 0.05) is 43.5 Å². The van der Waals surface area contributed by atoms with Gasteiger partial charge in [-0.2, -0.15) is 0 Å². The molecule has 0 fully saturated rings. The number of aromatic nitrogens is 1. The molecule has 1 heterocycles. The molecule has 0 aliphatic heterocycles. The van der Waals surface area contributed by atoms with Crippen LogP contribution in [0.2, 0.25) is 0 Å². The van der Waals surface area contributed by atoms with Crippen LogP contribution in [-0.4, -0.2) is 41.0 Å². The summed E-state index contributed by atoms with van der Waals surface area (Å²) in [4.78, 5) is 30.3. The number of rotatable bonds is 8. The van der Waals surface area contributed by atoms with Crippen LogP contribution in [-0.2, 0) is 13.1 Å². The number of hydrogen-bond donors (Lipinski definition) is 2. The zero-order valence-corrected chi connectivity index (χ0v) is 17.7. The number of carbonyl (C=O) groups excluding carboxylic acids is 2. The van der Waals surface area contributed by atoms with E-state index in [2.05, 4.69) is 15.6 Å². The third-order valence-electron chi connectivity index (χ3n) is 4.39. The number of ether oxygens (including phenoxy) is 1. The molecule has 0 radical (unpaired) electrons. The topological polar surface area (TPSA) is 83.6 Å². The molecule has 29 heavy (non-hydrogen) atoms. The number of benzene rings is 1. The lowest BCUT2D eigenvalue weighted by molar-refractivity contribution is 0.0755. The normalized spacial score (nSPS) is 10.7. The van der Waals surface area contributed by atoms with E-state index in [-0.39, 0.29) is 24.1 Å². The average Bonchev–Trinajstić information content (AvgIpc) is 2.70. The van der Waals surface area contributed by atoms with E-state index in [0.717, 1.165) is 11.1 Å². The first-order valence-electron chi connectivity index (χ1n) is 9.76. The summed E-state index contributed by atoms with van der Waals surface area (Å²) in [6.07, 6.45) is 1.67. The molecule has 2 N–H and O–H groups in total. The van der Waals surface area contributed by atoms with E-state index >= 15 is 0 Å². The molecule has 0 atom stereocenters. The summed E-state index contributed by atoms with van der Waals surface area (Å²) in [5, 5.41) is 5.62. The van der Waals surface area contributed by atoms with E-state index in [0.29, 0.717) is 24.5 Å². The van der Waals surface area contributed by atoms with Gasteiger partial charge in [-0.15, -0.1) is 0 Å². The van der Waals surface area contributed by atoms with Crippen LogP contribution >= 0.6 is 0 Å². The third kappa shape index (κ3) is 6.78. The van der Waals surface area contributed by atoms with Crippen molar-refractivity contribution in [2.75, 3.05) is 7.05 Å². The maximum atomic E-state index is 12.3. The molecule has 0 saturated heterocycles. The average molecular weight is 399 g/mol. The molecule has 156 valence electrons. The van der Waals surface area contributed by atoms with Crippen molar-refractivity contribution in [3.8, 4) is 5.88 Å². The summed E-state index contributed by atoms with van der Waals surface area (Å²) >= 11 is 0. The Labute approximate surface area is 172 Å². The van der Waals surface area contributed by atoms with Crippen molar-refractivity contribution in [1.82, 2.24) is 20.5 Å². The van der Waals surface area contributed by atoms with E-state index in [1.54, 1.807) is 30.3 Å². The Bertz CT molecular complexity index is 819. The lowest BCUT2D eigenvalue weighted by Crippen LogP contribution is -2.35. The zero-order valence-electron chi connectivity index (χ0n) is 17.7. The van der Waals surface area contributed by atoms with Crippen LogP contribution in [0.15, 0.2) is 42.6 Å². The van der Waals surface area contributed by atoms with Crippen molar-refractivity contribution in [3.63, 3.8) is 0 Å². The summed E-state index contributed by atoms with van der Waals surface area (Å²) in [6.45, 7) is 8.48. The molecule has 0 aliphatic carbocycles. The lowest BCUT2D eigenvalue weighted by atomic mass is 10.1. The molecule has 0 aliphatic rings. The first-order valence-corrected chi connectivity index (χ1v) is 9.76. The van der Waals surface area contributed by atoms with Crippen LogP contribution in [0, 0.1) is 0 Å². The minimum absolute atomic E-state index is 0.00709. The van der Waals surface area contributed by atoms with Gasteiger partial charge in [-0.1, -0.05) is 18.2 Å². The predicted molar refractivity (Wildman–Crippen MR) is 113 cm³/mol. The van der Waals surface area contributed by atoms with E-state index in [1.165, 1.54) is 0 Å². The fourth-order valence-corrected chi connectivity index (χ4v) is 2.51. The van der Waals surface area contributed by atoms with Gasteiger partial charge in [0.05, 0.1) is 6.10 Å². The van der Waals surface area contributed by atoms with E-state index in [9.17, 15) is 9.59 Å². The van der Waals surface area contributed by atoms with Gasteiger partial charge in [0.15, 0.2) is 0 Å². The molecule has 2 rings (SSSR count). The number of urea groups is 1. The maximum absolute atomic E-state index is 12.3. The molecule has 7 heteroatoms. The second-order valence-corrected chi connectivity index (χ2v) is 7.38. The molecule has 2 aromatic rings. The van der Waals surface area contributed by atoms with Gasteiger partial charge in [0.25, 0.3) is 5.91 Å². The number of nitrogens with zero attached hydrogens (tertiary/aromatic N) is 2. The first kappa shape index (κ1) is 22.2. The summed E-state index contributed by atoms with van der Waals surface area (Å²) in [7, 11) is 1.78. The van der Waals surface area contributed by atoms with E-state index in [1.807, 2.05) is 52.0 Å². The van der Waals surface area contributed by atoms with Gasteiger partial charge in [0.2, 0.25) is 5.88 Å². The fraction of sp³-hybridized carbons (Fsp3) is 0.409. The van der Waals surface area contributed by atoms with Gasteiger partial charge >= 0.3 is 6.03 Å². The Morgan fingerprint density at radius 1 is 1.03 bits per heavy atom. The smallest absolute Gasteiger partial charge is 0.315 e. The Morgan fingerprint density at radius 3 is 2.31 bits per heavy atom. The van der Waals surface area contributed by atoms with Crippen molar-refractivity contribution in [1.29, 1.82) is 0 Å². The molecule has 0 unspecified atom stereocenters. The molecule has 7 nitrogen and oxygen atoms in total. The second-order valence-electron chi connectivity index (χ2n) is 7.38. The highest BCUT2D eigenvalue weighted by Gasteiger charge is 2.14. The van der Waals surface area contributed by atoms with Crippen LogP contribution in [0.1, 0.15) is 49.2 Å². The second kappa shape index (κ2) is 10.5. The van der Waals surface area contributed by atoms with E-state index in [4.69, 9.17) is 4.74 Å². The van der Waals surface area contributed by atoms with E-state index < -0.39 is 0 Å². The van der Waals surface area contributed by atoms with Gasteiger partial charge in [-0.25, -0.2) is 9.78 Å². The zero-order chi connectivity index (χ0) is 21.4. The highest BCUT2D eigenvalue weighted by atomic mass is 16.5. The maximum Gasteiger partial charge on any atom is 0.315 e. The van der Waals surface area contributed by atoms with Crippen molar-refractivity contribution in [3.05, 3.63) is 59.3 Å². The summed E-state index contributed by atoms with van der Waals surface area (Å²) in [6, 6.07) is 10.8. The molecular weight excluding hydrogens is 368 g/mol. The number of amides is 3. The van der Waals surface area contributed by atoms with Crippen LogP contribution in [0.5, 0.6) is 5.88 Å². The number of hydrogen-bond acceptors (Lipinski definition) is 4. The largest absolute Gasteiger partial charge is 0.475 e. The quantitative estimate of drug-likeness (QED) is 0.714. The minimum Gasteiger partial charge on any atom is -0.475 e. The van der Waals surface area contributed by atoms with Crippen molar-refractivity contribution < 1.29 is 14.3 Å². The van der Waals surface area contributed by atoms with Crippen molar-refractivity contribution >= 4 is 11.9 Å². The van der Waals surface area contributed by atoms with Crippen molar-refractivity contribution in [2.45, 2.75) is 52.9 Å². The Hall–Kier alpha value is -3.09. The Morgan fingerprint density at radius 2 is 1.69 bits per heavy atom. The standard InChI is InChI=1S/C22H30N4O3/c1-15(2)26(5)21(27)18-10-8-17(9-11-18)13-24-22(28)25-14-19-7-6-12-23-20(19)29-16(3)4/h6-12,15-16H,13-14H2,1-5H3,(H2,24,25,28). The molecule has 0 saturated carbocycles. The van der Waals surface area contributed by atoms with Gasteiger partial charge < -0.3 is 20.3 Å². The highest BCUT2D eigenvalue weighted by Crippen LogP contribution is 2.15. The number of carbonyl (C=O) groups is 2. The first-order chi connectivity index (χ1) is 13.8. The summed E-state index contributed by atoms with van der Waals surface area (Å²) in [5.41, 5.74) is 2.35. The van der Waals surface area contributed by atoms with Gasteiger partial charge in [-0.05, 0) is 51.5 Å². The number of nitrogens with one attached hydrogen (secondary N) is 2. The Kier molecular flexibility index (Phi) is 8.00. The van der Waals surface area contributed by atoms with Gasteiger partial charge in [0.1, 0.15) is 0 Å². The molecule has 0 bridgehead atoms. The molecule has 0 spiro atoms. The molecule has 1 aromatic carbocycles. The van der Waals surface area contributed by atoms with Crippen LogP contribution in [0.25, 0.3) is 0 Å². The lowest BCUT2D eigenvalue weighted by Gasteiger charge is -2.21. The monoisotopic (exact) mass is 398 g/mol. The predicted octanol–water partition coefficient (Wildman–Crippen LogP) is 3.35. The summed E-state index contributed by atoms with van der Waals surface area (Å²) < 4.78 is 5.66. The molecule has 1 aromatic heterocycles. The van der Waals surface area contributed by atoms with Crippen LogP contribution < -0.4 is 15.4 Å². The number of pyridine rings is 1. The summed E-state index contributed by atoms with van der Waals surface area (Å²) in [5.74, 6) is 0.502. The minimum atomic E-state index is -0.288.